The molecule has 0 saturated carbocycles. The molecule has 1 aromatic rings. The molecule has 0 amide bonds. The van der Waals surface area contributed by atoms with Crippen molar-refractivity contribution in [2.45, 2.75) is 64.3 Å². The van der Waals surface area contributed by atoms with Gasteiger partial charge in [-0.1, -0.05) is 38.2 Å². The number of carboxylic acids is 1. The number of nitrogens with zero attached hydrogens (tertiary/aromatic N) is 1. The highest BCUT2D eigenvalue weighted by molar-refractivity contribution is 5.66. The maximum Gasteiger partial charge on any atom is 0.303 e. The van der Waals surface area contributed by atoms with Crippen LogP contribution in [-0.4, -0.2) is 11.1 Å². The molecule has 0 bridgehead atoms. The van der Waals surface area contributed by atoms with Crippen LogP contribution in [0.15, 0.2) is 30.6 Å². The van der Waals surface area contributed by atoms with Crippen molar-refractivity contribution in [1.29, 1.82) is 0 Å². The third-order valence-corrected chi connectivity index (χ3v) is 3.33. The zero-order chi connectivity index (χ0) is 13.8. The van der Waals surface area contributed by atoms with Gasteiger partial charge in [0, 0.05) is 25.0 Å². The van der Waals surface area contributed by atoms with Crippen LogP contribution in [0.5, 0.6) is 0 Å². The van der Waals surface area contributed by atoms with Crippen LogP contribution in [0.2, 0.25) is 0 Å². The van der Waals surface area contributed by atoms with E-state index in [9.17, 15) is 4.79 Å². The van der Waals surface area contributed by atoms with Gasteiger partial charge < -0.3 is 22.1 Å². The van der Waals surface area contributed by atoms with E-state index < -0.39 is 5.97 Å². The lowest BCUT2D eigenvalue weighted by Crippen LogP contribution is -3.00. The molecule has 0 aromatic carbocycles. The highest BCUT2D eigenvalue weighted by Crippen LogP contribution is 2.09. The Kier molecular flexibility index (Phi) is 12.5. The molecule has 1 aromatic heterocycles. The lowest BCUT2D eigenvalue weighted by Gasteiger charge is -2.01. The molecule has 0 radical (unpaired) electrons. The van der Waals surface area contributed by atoms with E-state index in [1.807, 2.05) is 6.07 Å². The van der Waals surface area contributed by atoms with E-state index in [4.69, 9.17) is 5.11 Å². The van der Waals surface area contributed by atoms with Crippen molar-refractivity contribution in [3.05, 3.63) is 30.6 Å². The number of aromatic nitrogens is 1. The van der Waals surface area contributed by atoms with Crippen LogP contribution >= 0.6 is 0 Å². The Balaban J connectivity index is 0.00000361. The van der Waals surface area contributed by atoms with Gasteiger partial charge >= 0.3 is 5.97 Å². The van der Waals surface area contributed by atoms with Crippen molar-refractivity contribution in [3.8, 4) is 0 Å². The molecule has 4 heteroatoms. The fourth-order valence-corrected chi connectivity index (χ4v) is 2.21. The molecule has 0 unspecified atom stereocenters. The first-order valence-corrected chi connectivity index (χ1v) is 7.45. The van der Waals surface area contributed by atoms with Crippen molar-refractivity contribution in [1.82, 2.24) is 0 Å². The predicted octanol–water partition coefficient (Wildman–Crippen LogP) is 0.574. The van der Waals surface area contributed by atoms with Gasteiger partial charge in [-0.15, -0.1) is 0 Å². The number of hydrogen-bond acceptors (Lipinski definition) is 1. The molecule has 114 valence electrons. The SMILES string of the molecule is O=C(O)CCCCCCCCCC[n+]1ccccc1.[Br-]. The fraction of sp³-hybridized carbons (Fsp3) is 0.625. The molecule has 0 aliphatic heterocycles. The van der Waals surface area contributed by atoms with E-state index in [-0.39, 0.29) is 17.0 Å². The van der Waals surface area contributed by atoms with Crippen LogP contribution in [0.1, 0.15) is 57.8 Å². The second-order valence-electron chi connectivity index (χ2n) is 5.09. The Morgan fingerprint density at radius 3 is 1.85 bits per heavy atom. The van der Waals surface area contributed by atoms with Gasteiger partial charge in [-0.3, -0.25) is 4.79 Å². The number of pyridine rings is 1. The summed E-state index contributed by atoms with van der Waals surface area (Å²) in [5, 5.41) is 8.51. The molecule has 1 N–H and O–H groups in total. The molecule has 0 fully saturated rings. The normalized spacial score (nSPS) is 10.0. The average Bonchev–Trinajstić information content (AvgIpc) is 2.42. The molecule has 1 rings (SSSR count). The summed E-state index contributed by atoms with van der Waals surface area (Å²) in [5.41, 5.74) is 0. The van der Waals surface area contributed by atoms with Crippen LogP contribution in [0.3, 0.4) is 0 Å². The highest BCUT2D eigenvalue weighted by atomic mass is 79.9. The molecule has 1 heterocycles. The zero-order valence-corrected chi connectivity index (χ0v) is 13.7. The number of carbonyl (C=O) groups is 1. The van der Waals surface area contributed by atoms with Crippen molar-refractivity contribution in [2.75, 3.05) is 0 Å². The van der Waals surface area contributed by atoms with Gasteiger partial charge in [0.25, 0.3) is 0 Å². The minimum absolute atomic E-state index is 0. The number of aliphatic carboxylic acids is 1. The fourth-order valence-electron chi connectivity index (χ4n) is 2.21. The van der Waals surface area contributed by atoms with Gasteiger partial charge in [0.1, 0.15) is 6.54 Å². The third-order valence-electron chi connectivity index (χ3n) is 3.33. The van der Waals surface area contributed by atoms with Gasteiger partial charge in [-0.2, -0.15) is 0 Å². The van der Waals surface area contributed by atoms with E-state index in [2.05, 4.69) is 29.1 Å². The monoisotopic (exact) mass is 343 g/mol. The van der Waals surface area contributed by atoms with Gasteiger partial charge in [0.15, 0.2) is 12.4 Å². The second kappa shape index (κ2) is 13.1. The molecule has 0 saturated heterocycles. The van der Waals surface area contributed by atoms with E-state index >= 15 is 0 Å². The minimum atomic E-state index is -0.668. The van der Waals surface area contributed by atoms with Crippen LogP contribution in [0, 0.1) is 0 Å². The minimum Gasteiger partial charge on any atom is -1.00 e. The number of halogens is 1. The molecule has 3 nitrogen and oxygen atoms in total. The first kappa shape index (κ1) is 19.1. The molecular weight excluding hydrogens is 318 g/mol. The van der Waals surface area contributed by atoms with Crippen LogP contribution in [0.25, 0.3) is 0 Å². The highest BCUT2D eigenvalue weighted by Gasteiger charge is 1.98. The van der Waals surface area contributed by atoms with Gasteiger partial charge in [-0.25, -0.2) is 4.57 Å². The average molecular weight is 344 g/mol. The van der Waals surface area contributed by atoms with E-state index in [0.717, 1.165) is 19.4 Å². The molecule has 0 atom stereocenters. The van der Waals surface area contributed by atoms with Crippen molar-refractivity contribution >= 4 is 5.97 Å². The Morgan fingerprint density at radius 1 is 0.800 bits per heavy atom. The summed E-state index contributed by atoms with van der Waals surface area (Å²) >= 11 is 0. The summed E-state index contributed by atoms with van der Waals surface area (Å²) < 4.78 is 2.23. The molecule has 0 spiro atoms. The van der Waals surface area contributed by atoms with Crippen LogP contribution in [-0.2, 0) is 11.3 Å². The van der Waals surface area contributed by atoms with Gasteiger partial charge in [-0.05, 0) is 12.8 Å². The molecule has 20 heavy (non-hydrogen) atoms. The van der Waals surface area contributed by atoms with Crippen molar-refractivity contribution in [2.24, 2.45) is 0 Å². The Morgan fingerprint density at radius 2 is 1.30 bits per heavy atom. The Hall–Kier alpha value is -0.900. The first-order chi connectivity index (χ1) is 9.29. The predicted molar refractivity (Wildman–Crippen MR) is 75.8 cm³/mol. The number of rotatable bonds is 11. The van der Waals surface area contributed by atoms with Crippen LogP contribution < -0.4 is 21.5 Å². The van der Waals surface area contributed by atoms with Crippen molar-refractivity contribution in [3.63, 3.8) is 0 Å². The Labute approximate surface area is 132 Å². The van der Waals surface area contributed by atoms with E-state index in [0.29, 0.717) is 6.42 Å². The van der Waals surface area contributed by atoms with Crippen molar-refractivity contribution < 1.29 is 31.4 Å². The van der Waals surface area contributed by atoms with Gasteiger partial charge in [0.2, 0.25) is 0 Å². The number of carboxylic acid groups (broad SMARTS) is 1. The summed E-state index contributed by atoms with van der Waals surface area (Å²) in [6.45, 7) is 1.11. The zero-order valence-electron chi connectivity index (χ0n) is 12.1. The van der Waals surface area contributed by atoms with E-state index in [1.165, 1.54) is 38.5 Å². The quantitative estimate of drug-likeness (QED) is 0.471. The molecule has 0 aliphatic carbocycles. The second-order valence-corrected chi connectivity index (χ2v) is 5.09. The van der Waals surface area contributed by atoms with E-state index in [1.54, 1.807) is 0 Å². The smallest absolute Gasteiger partial charge is 0.303 e. The maximum absolute atomic E-state index is 10.3. The Bertz CT molecular complexity index is 344. The van der Waals surface area contributed by atoms with Gasteiger partial charge in [0.05, 0.1) is 0 Å². The summed E-state index contributed by atoms with van der Waals surface area (Å²) in [5.74, 6) is -0.668. The lowest BCUT2D eigenvalue weighted by molar-refractivity contribution is -0.697. The first-order valence-electron chi connectivity index (χ1n) is 7.45. The molecular formula is C16H26BrNO2. The summed E-state index contributed by atoms with van der Waals surface area (Å²) in [7, 11) is 0. The largest absolute Gasteiger partial charge is 1.00 e. The topological polar surface area (TPSA) is 41.2 Å². The van der Waals surface area contributed by atoms with Crippen LogP contribution in [0.4, 0.5) is 0 Å². The summed E-state index contributed by atoms with van der Waals surface area (Å²) in [6, 6.07) is 6.18. The number of unbranched alkanes of at least 4 members (excludes halogenated alkanes) is 7. The molecule has 0 aliphatic rings. The number of aryl methyl sites for hydroxylation is 1. The standard InChI is InChI=1S/C16H25NO2.BrH/c18-16(19)12-8-5-3-1-2-4-6-9-13-17-14-10-7-11-15-17;/h7,10-11,14-15H,1-6,8-9,12-13H2;1H. The number of hydrogen-bond donors (Lipinski definition) is 1. The summed E-state index contributed by atoms with van der Waals surface area (Å²) in [6.07, 6.45) is 14.0. The summed E-state index contributed by atoms with van der Waals surface area (Å²) in [4.78, 5) is 10.3. The maximum atomic E-state index is 10.3. The lowest BCUT2D eigenvalue weighted by atomic mass is 10.1. The third kappa shape index (κ3) is 11.0.